The monoisotopic (exact) mass is 437 g/mol. The molecule has 1 heterocycles. The first-order valence-electron chi connectivity index (χ1n) is 10.7. The Balaban J connectivity index is 1.69. The van der Waals surface area contributed by atoms with Crippen LogP contribution < -0.4 is 15.0 Å². The molecule has 1 aliphatic heterocycles. The maximum Gasteiger partial charge on any atom is 0.267 e. The number of nitriles is 1. The van der Waals surface area contributed by atoms with Crippen LogP contribution in [0.15, 0.2) is 84.4 Å². The van der Waals surface area contributed by atoms with Crippen LogP contribution in [0, 0.1) is 17.2 Å². The molecule has 164 valence electrons. The van der Waals surface area contributed by atoms with Gasteiger partial charge in [-0.3, -0.25) is 9.59 Å². The van der Waals surface area contributed by atoms with Gasteiger partial charge in [-0.05, 0) is 36.2 Å². The predicted octanol–water partition coefficient (Wildman–Crippen LogP) is 5.40. The minimum absolute atomic E-state index is 0.118. The van der Waals surface area contributed by atoms with Gasteiger partial charge in [-0.1, -0.05) is 62.4 Å². The summed E-state index contributed by atoms with van der Waals surface area (Å²) in [5.41, 5.74) is 1.58. The van der Waals surface area contributed by atoms with Crippen LogP contribution in [-0.4, -0.2) is 18.4 Å². The number of amides is 2. The second-order valence-electron chi connectivity index (χ2n) is 8.05. The van der Waals surface area contributed by atoms with Crippen LogP contribution in [0.25, 0.3) is 5.57 Å². The van der Waals surface area contributed by atoms with Crippen LogP contribution in [0.5, 0.6) is 11.5 Å². The molecule has 0 fully saturated rings. The number of hydrogen-bond acceptors (Lipinski definition) is 4. The van der Waals surface area contributed by atoms with Crippen molar-refractivity contribution >= 4 is 28.8 Å². The van der Waals surface area contributed by atoms with E-state index in [0.29, 0.717) is 35.0 Å². The highest BCUT2D eigenvalue weighted by Gasteiger charge is 2.36. The second kappa shape index (κ2) is 9.41. The fourth-order valence-electron chi connectivity index (χ4n) is 3.75. The summed E-state index contributed by atoms with van der Waals surface area (Å²) in [6, 6.07) is 25.3. The summed E-state index contributed by atoms with van der Waals surface area (Å²) in [4.78, 5) is 28.1. The van der Waals surface area contributed by atoms with E-state index in [-0.39, 0.29) is 23.0 Å². The smallest absolute Gasteiger partial charge is 0.267 e. The lowest BCUT2D eigenvalue weighted by Gasteiger charge is -2.19. The maximum absolute atomic E-state index is 13.3. The highest BCUT2D eigenvalue weighted by atomic mass is 16.5. The number of carbonyl (C=O) groups is 2. The molecule has 4 rings (SSSR count). The summed E-state index contributed by atoms with van der Waals surface area (Å²) in [6.07, 6.45) is 0. The van der Waals surface area contributed by atoms with Gasteiger partial charge in [-0.15, -0.1) is 0 Å². The number of carbonyl (C=O) groups excluding carboxylic acids is 2. The fourth-order valence-corrected chi connectivity index (χ4v) is 3.75. The van der Waals surface area contributed by atoms with Crippen LogP contribution in [0.3, 0.4) is 0 Å². The van der Waals surface area contributed by atoms with Crippen molar-refractivity contribution in [2.75, 3.05) is 16.8 Å². The zero-order valence-corrected chi connectivity index (χ0v) is 18.4. The number of anilines is 2. The lowest BCUT2D eigenvalue weighted by Crippen LogP contribution is -2.31. The molecule has 2 amide bonds. The van der Waals surface area contributed by atoms with Gasteiger partial charge in [0.15, 0.2) is 5.75 Å². The second-order valence-corrected chi connectivity index (χ2v) is 8.05. The summed E-state index contributed by atoms with van der Waals surface area (Å²) in [5.74, 6) is 0.264. The molecule has 1 N–H and O–H groups in total. The van der Waals surface area contributed by atoms with E-state index in [4.69, 9.17) is 4.74 Å². The quantitative estimate of drug-likeness (QED) is 0.414. The number of benzene rings is 3. The molecular formula is C27H23N3O3. The number of rotatable bonds is 6. The summed E-state index contributed by atoms with van der Waals surface area (Å²) < 4.78 is 5.90. The van der Waals surface area contributed by atoms with E-state index >= 15 is 0 Å². The largest absolute Gasteiger partial charge is 0.455 e. The number of nitrogens with one attached hydrogen (secondary N) is 1. The molecule has 0 spiro atoms. The third kappa shape index (κ3) is 4.48. The average Bonchev–Trinajstić information content (AvgIpc) is 3.08. The van der Waals surface area contributed by atoms with E-state index in [1.54, 1.807) is 53.4 Å². The lowest BCUT2D eigenvalue weighted by atomic mass is 10.0. The highest BCUT2D eigenvalue weighted by Crippen LogP contribution is 2.39. The topological polar surface area (TPSA) is 82.4 Å². The molecule has 3 aromatic carbocycles. The van der Waals surface area contributed by atoms with Crippen molar-refractivity contribution in [3.05, 3.63) is 90.0 Å². The fraction of sp³-hybridized carbons (Fsp3) is 0.148. The van der Waals surface area contributed by atoms with Crippen molar-refractivity contribution in [2.24, 2.45) is 5.92 Å². The number of ether oxygens (including phenoxy) is 1. The van der Waals surface area contributed by atoms with Crippen molar-refractivity contribution in [1.29, 1.82) is 5.26 Å². The molecule has 33 heavy (non-hydrogen) atoms. The first kappa shape index (κ1) is 21.8. The minimum atomic E-state index is -0.661. The molecule has 6 heteroatoms. The zero-order valence-electron chi connectivity index (χ0n) is 18.4. The lowest BCUT2D eigenvalue weighted by molar-refractivity contribution is -0.114. The molecule has 0 unspecified atom stereocenters. The Kier molecular flexibility index (Phi) is 6.23. The third-order valence-electron chi connectivity index (χ3n) is 5.17. The van der Waals surface area contributed by atoms with Crippen LogP contribution in [0.1, 0.15) is 19.4 Å². The molecule has 0 radical (unpaired) electrons. The van der Waals surface area contributed by atoms with E-state index in [1.165, 1.54) is 0 Å². The van der Waals surface area contributed by atoms with Gasteiger partial charge in [0.2, 0.25) is 0 Å². The Morgan fingerprint density at radius 3 is 2.39 bits per heavy atom. The van der Waals surface area contributed by atoms with Gasteiger partial charge >= 0.3 is 0 Å². The van der Waals surface area contributed by atoms with E-state index < -0.39 is 5.91 Å². The first-order chi connectivity index (χ1) is 16.0. The van der Waals surface area contributed by atoms with Gasteiger partial charge in [-0.2, -0.15) is 5.26 Å². The van der Waals surface area contributed by atoms with Crippen LogP contribution in [0.2, 0.25) is 0 Å². The van der Waals surface area contributed by atoms with E-state index in [1.807, 2.05) is 50.2 Å². The minimum Gasteiger partial charge on any atom is -0.455 e. The number of para-hydroxylation sites is 4. The maximum atomic E-state index is 13.3. The van der Waals surface area contributed by atoms with Crippen molar-refractivity contribution < 1.29 is 14.3 Å². The Bertz CT molecular complexity index is 1270. The van der Waals surface area contributed by atoms with Gasteiger partial charge in [0, 0.05) is 12.1 Å². The molecule has 0 aromatic heterocycles. The molecule has 0 atom stereocenters. The number of hydrogen-bond donors (Lipinski definition) is 1. The SMILES string of the molecule is CC(C)CN1C(=O)C(=C(C#N)C(=O)Nc2ccccc2Oc2ccccc2)c2ccccc21. The Hall–Kier alpha value is -4.37. The van der Waals surface area contributed by atoms with Crippen molar-refractivity contribution in [3.63, 3.8) is 0 Å². The Labute approximate surface area is 192 Å². The van der Waals surface area contributed by atoms with Gasteiger partial charge in [0.1, 0.15) is 17.4 Å². The molecule has 0 saturated heterocycles. The molecule has 6 nitrogen and oxygen atoms in total. The van der Waals surface area contributed by atoms with Crippen molar-refractivity contribution in [2.45, 2.75) is 13.8 Å². The average molecular weight is 437 g/mol. The summed E-state index contributed by atoms with van der Waals surface area (Å²) >= 11 is 0. The molecule has 0 aliphatic carbocycles. The molecule has 1 aliphatic rings. The van der Waals surface area contributed by atoms with Crippen molar-refractivity contribution in [3.8, 4) is 17.6 Å². The van der Waals surface area contributed by atoms with Crippen LogP contribution >= 0.6 is 0 Å². The summed E-state index contributed by atoms with van der Waals surface area (Å²) in [7, 11) is 0. The van der Waals surface area contributed by atoms with Crippen LogP contribution in [-0.2, 0) is 9.59 Å². The Morgan fingerprint density at radius 1 is 1.00 bits per heavy atom. The summed E-state index contributed by atoms with van der Waals surface area (Å²) in [6.45, 7) is 4.52. The molecule has 0 saturated carbocycles. The Morgan fingerprint density at radius 2 is 1.67 bits per heavy atom. The molecule has 3 aromatic rings. The predicted molar refractivity (Wildman–Crippen MR) is 128 cm³/mol. The number of nitrogens with zero attached hydrogens (tertiary/aromatic N) is 2. The number of fused-ring (bicyclic) bond motifs is 1. The van der Waals surface area contributed by atoms with E-state index in [9.17, 15) is 14.9 Å². The van der Waals surface area contributed by atoms with Gasteiger partial charge in [0.05, 0.1) is 16.9 Å². The normalized spacial score (nSPS) is 14.0. The van der Waals surface area contributed by atoms with Gasteiger partial charge < -0.3 is 15.0 Å². The standard InChI is InChI=1S/C27H23N3O3/c1-18(2)17-30-23-14-8-6-12-20(23)25(27(30)32)21(16-28)26(31)29-22-13-7-9-15-24(22)33-19-10-4-3-5-11-19/h3-15,18H,17H2,1-2H3,(H,29,31). The van der Waals surface area contributed by atoms with Crippen LogP contribution in [0.4, 0.5) is 11.4 Å². The zero-order chi connectivity index (χ0) is 23.4. The van der Waals surface area contributed by atoms with Gasteiger partial charge in [-0.25, -0.2) is 0 Å². The first-order valence-corrected chi connectivity index (χ1v) is 10.7. The molecule has 0 bridgehead atoms. The highest BCUT2D eigenvalue weighted by molar-refractivity contribution is 6.37. The summed E-state index contributed by atoms with van der Waals surface area (Å²) in [5, 5.41) is 12.6. The third-order valence-corrected chi connectivity index (χ3v) is 5.17. The van der Waals surface area contributed by atoms with E-state index in [2.05, 4.69) is 5.32 Å². The molecular weight excluding hydrogens is 414 g/mol. The van der Waals surface area contributed by atoms with Crippen molar-refractivity contribution in [1.82, 2.24) is 0 Å². The van der Waals surface area contributed by atoms with E-state index in [0.717, 1.165) is 0 Å². The van der Waals surface area contributed by atoms with Gasteiger partial charge in [0.25, 0.3) is 11.8 Å².